The van der Waals surface area contributed by atoms with E-state index >= 15 is 0 Å². The van der Waals surface area contributed by atoms with Crippen LogP contribution in [-0.2, 0) is 14.3 Å². The van der Waals surface area contributed by atoms with Gasteiger partial charge in [0.1, 0.15) is 17.7 Å². The number of ether oxygens (including phenoxy) is 3. The molecule has 1 heterocycles. The van der Waals surface area contributed by atoms with Gasteiger partial charge in [0, 0.05) is 24.6 Å². The predicted octanol–water partition coefficient (Wildman–Crippen LogP) is 5.90. The molecule has 0 radical (unpaired) electrons. The van der Waals surface area contributed by atoms with Crippen LogP contribution in [0, 0.1) is 23.5 Å². The molecule has 1 aromatic heterocycles. The number of carbonyl (C=O) groups is 3. The topological polar surface area (TPSA) is 91.8 Å². The molecule has 39 heavy (non-hydrogen) atoms. The van der Waals surface area contributed by atoms with Crippen molar-refractivity contribution in [3.05, 3.63) is 89.2 Å². The summed E-state index contributed by atoms with van der Waals surface area (Å²) in [6, 6.07) is 13.0. The lowest BCUT2D eigenvalue weighted by Crippen LogP contribution is -2.28. The second-order valence-corrected chi connectivity index (χ2v) is 9.52. The monoisotopic (exact) mass is 539 g/mol. The van der Waals surface area contributed by atoms with Gasteiger partial charge in [-0.2, -0.15) is 0 Å². The third kappa shape index (κ3) is 7.46. The smallest absolute Gasteiger partial charge is 0.313 e. The minimum absolute atomic E-state index is 0.106. The van der Waals surface area contributed by atoms with Crippen LogP contribution in [0.4, 0.5) is 8.78 Å². The van der Waals surface area contributed by atoms with Crippen LogP contribution in [0.1, 0.15) is 61.6 Å². The Kier molecular flexibility index (Phi) is 9.87. The van der Waals surface area contributed by atoms with E-state index in [0.29, 0.717) is 11.1 Å². The van der Waals surface area contributed by atoms with Gasteiger partial charge in [0.25, 0.3) is 0 Å². The number of methoxy groups -OCH3 is 1. The summed E-state index contributed by atoms with van der Waals surface area (Å²) in [5.74, 6) is -4.37. The van der Waals surface area contributed by atoms with Crippen molar-refractivity contribution in [3.8, 4) is 11.5 Å². The summed E-state index contributed by atoms with van der Waals surface area (Å²) in [5, 5.41) is 0. The van der Waals surface area contributed by atoms with E-state index in [1.54, 1.807) is 45.0 Å². The van der Waals surface area contributed by atoms with Crippen molar-refractivity contribution in [2.75, 3.05) is 7.11 Å². The van der Waals surface area contributed by atoms with Crippen LogP contribution in [0.15, 0.2) is 60.8 Å². The average Bonchev–Trinajstić information content (AvgIpc) is 2.90. The molecular weight excluding hydrogens is 508 g/mol. The van der Waals surface area contributed by atoms with E-state index in [1.165, 1.54) is 50.6 Å². The number of nitrogens with zero attached hydrogens (tertiary/aromatic N) is 1. The van der Waals surface area contributed by atoms with E-state index in [2.05, 4.69) is 4.98 Å². The van der Waals surface area contributed by atoms with Gasteiger partial charge in [-0.1, -0.05) is 45.0 Å². The summed E-state index contributed by atoms with van der Waals surface area (Å²) in [6.07, 6.45) is 0.346. The highest BCUT2D eigenvalue weighted by Gasteiger charge is 2.30. The number of benzene rings is 2. The highest BCUT2D eigenvalue weighted by atomic mass is 19.1. The summed E-state index contributed by atoms with van der Waals surface area (Å²) in [4.78, 5) is 42.5. The molecule has 2 atom stereocenters. The van der Waals surface area contributed by atoms with Crippen LogP contribution in [-0.4, -0.2) is 35.9 Å². The molecule has 0 saturated heterocycles. The summed E-state index contributed by atoms with van der Waals surface area (Å²) in [5.41, 5.74) is 1.21. The molecular formula is C30H31F2NO6. The zero-order chi connectivity index (χ0) is 28.7. The molecule has 0 fully saturated rings. The second-order valence-electron chi connectivity index (χ2n) is 9.52. The third-order valence-electron chi connectivity index (χ3n) is 6.15. The van der Waals surface area contributed by atoms with Crippen molar-refractivity contribution >= 4 is 17.7 Å². The van der Waals surface area contributed by atoms with Crippen molar-refractivity contribution in [2.24, 2.45) is 11.8 Å². The largest absolute Gasteiger partial charge is 0.493 e. The Bertz CT molecular complexity index is 1260. The Labute approximate surface area is 226 Å². The predicted molar refractivity (Wildman–Crippen MR) is 140 cm³/mol. The first-order chi connectivity index (χ1) is 18.5. The number of esters is 2. The van der Waals surface area contributed by atoms with Crippen molar-refractivity contribution in [3.63, 3.8) is 0 Å². The van der Waals surface area contributed by atoms with Crippen molar-refractivity contribution < 1.29 is 37.4 Å². The summed E-state index contributed by atoms with van der Waals surface area (Å²) >= 11 is 0. The Morgan fingerprint density at radius 1 is 0.821 bits per heavy atom. The Hall–Kier alpha value is -4.14. The molecule has 0 aliphatic heterocycles. The highest BCUT2D eigenvalue weighted by molar-refractivity contribution is 6.00. The zero-order valence-corrected chi connectivity index (χ0v) is 22.4. The molecule has 0 spiro atoms. The second kappa shape index (κ2) is 13.1. The third-order valence-corrected chi connectivity index (χ3v) is 6.15. The van der Waals surface area contributed by atoms with Crippen LogP contribution in [0.5, 0.6) is 11.5 Å². The van der Waals surface area contributed by atoms with Gasteiger partial charge in [-0.3, -0.25) is 14.4 Å². The first-order valence-electron chi connectivity index (χ1n) is 12.5. The van der Waals surface area contributed by atoms with E-state index in [-0.39, 0.29) is 23.6 Å². The van der Waals surface area contributed by atoms with E-state index in [9.17, 15) is 23.2 Å². The molecule has 0 aliphatic carbocycles. The van der Waals surface area contributed by atoms with Crippen molar-refractivity contribution in [1.29, 1.82) is 0 Å². The van der Waals surface area contributed by atoms with E-state index < -0.39 is 53.2 Å². The van der Waals surface area contributed by atoms with Crippen LogP contribution >= 0.6 is 0 Å². The Morgan fingerprint density at radius 2 is 1.36 bits per heavy atom. The Morgan fingerprint density at radius 3 is 1.85 bits per heavy atom. The van der Waals surface area contributed by atoms with Gasteiger partial charge in [-0.25, -0.2) is 13.8 Å². The van der Waals surface area contributed by atoms with Gasteiger partial charge < -0.3 is 14.2 Å². The number of hydrogen-bond donors (Lipinski definition) is 0. The van der Waals surface area contributed by atoms with Crippen LogP contribution in [0.3, 0.4) is 0 Å². The summed E-state index contributed by atoms with van der Waals surface area (Å²) < 4.78 is 43.5. The molecule has 3 rings (SSSR count). The Balaban J connectivity index is 1.78. The lowest BCUT2D eigenvalue weighted by atomic mass is 9.87. The molecule has 7 nitrogen and oxygen atoms in total. The SMILES string of the molecule is COc1ccnc(C(=O)C[C@@H](C)C(=O)O[C@@H](C)C(c2ccc(F)cc2)c2ccc(F)cc2)c1OC(=O)C(C)C. The van der Waals surface area contributed by atoms with Crippen LogP contribution in [0.2, 0.25) is 0 Å². The minimum Gasteiger partial charge on any atom is -0.493 e. The normalized spacial score (nSPS) is 12.6. The van der Waals surface area contributed by atoms with E-state index in [4.69, 9.17) is 14.2 Å². The molecule has 0 aliphatic rings. The molecule has 3 aromatic rings. The lowest BCUT2D eigenvalue weighted by Gasteiger charge is -2.26. The first kappa shape index (κ1) is 29.4. The van der Waals surface area contributed by atoms with E-state index in [0.717, 1.165) is 0 Å². The number of aromatic nitrogens is 1. The quantitative estimate of drug-likeness (QED) is 0.221. The standard InChI is InChI=1S/C30H31F2NO6/c1-17(2)29(35)39-28-25(37-5)14-15-33-27(28)24(34)16-18(3)30(36)38-19(4)26(20-6-10-22(31)11-7-20)21-8-12-23(32)13-9-21/h6-15,17-19,26H,16H2,1-5H3/t18-,19+/m1/s1. The van der Waals surface area contributed by atoms with Crippen LogP contribution in [0.25, 0.3) is 0 Å². The molecule has 0 bridgehead atoms. The van der Waals surface area contributed by atoms with Gasteiger partial charge in [0.15, 0.2) is 17.2 Å². The van der Waals surface area contributed by atoms with Gasteiger partial charge in [0.2, 0.25) is 5.75 Å². The van der Waals surface area contributed by atoms with Gasteiger partial charge >= 0.3 is 11.9 Å². The summed E-state index contributed by atoms with van der Waals surface area (Å²) in [6.45, 7) is 6.52. The lowest BCUT2D eigenvalue weighted by molar-refractivity contribution is -0.153. The maximum Gasteiger partial charge on any atom is 0.313 e. The number of carbonyl (C=O) groups excluding carboxylic acids is 3. The zero-order valence-electron chi connectivity index (χ0n) is 22.4. The fraction of sp³-hybridized carbons (Fsp3) is 0.333. The first-order valence-corrected chi connectivity index (χ1v) is 12.5. The molecule has 9 heteroatoms. The van der Waals surface area contributed by atoms with E-state index in [1.807, 2.05) is 0 Å². The molecule has 0 unspecified atom stereocenters. The maximum absolute atomic E-state index is 13.6. The van der Waals surface area contributed by atoms with Crippen molar-refractivity contribution in [1.82, 2.24) is 4.98 Å². The average molecular weight is 540 g/mol. The number of Topliss-reactive ketones (excluding diaryl/α,β-unsaturated/α-hetero) is 1. The molecule has 0 amide bonds. The van der Waals surface area contributed by atoms with Crippen molar-refractivity contribution in [2.45, 2.75) is 46.1 Å². The minimum atomic E-state index is -0.872. The number of pyridine rings is 1. The summed E-state index contributed by atoms with van der Waals surface area (Å²) in [7, 11) is 1.37. The molecule has 0 saturated carbocycles. The number of rotatable bonds is 11. The molecule has 0 N–H and O–H groups in total. The van der Waals surface area contributed by atoms with Gasteiger partial charge in [-0.05, 0) is 42.3 Å². The number of hydrogen-bond acceptors (Lipinski definition) is 7. The fourth-order valence-corrected chi connectivity index (χ4v) is 4.01. The molecule has 206 valence electrons. The highest BCUT2D eigenvalue weighted by Crippen LogP contribution is 2.33. The van der Waals surface area contributed by atoms with Crippen LogP contribution < -0.4 is 9.47 Å². The fourth-order valence-electron chi connectivity index (χ4n) is 4.01. The maximum atomic E-state index is 13.6. The van der Waals surface area contributed by atoms with Gasteiger partial charge in [-0.15, -0.1) is 0 Å². The molecule has 2 aromatic carbocycles. The van der Waals surface area contributed by atoms with Gasteiger partial charge in [0.05, 0.1) is 18.9 Å². The number of halogens is 2. The number of ketones is 1.